The lowest BCUT2D eigenvalue weighted by atomic mass is 10.1. The van der Waals surface area contributed by atoms with Crippen molar-refractivity contribution in [2.24, 2.45) is 0 Å². The van der Waals surface area contributed by atoms with Crippen molar-refractivity contribution < 1.29 is 28.6 Å². The molecule has 1 aliphatic rings. The fraction of sp³-hybridized carbons (Fsp3) is 0.318. The third-order valence-corrected chi connectivity index (χ3v) is 4.61. The Labute approximate surface area is 174 Å². The molecular weight excluding hydrogens is 388 g/mol. The molecule has 1 heterocycles. The number of carbonyl (C=O) groups is 3. The average molecular weight is 412 g/mol. The molecule has 2 amide bonds. The summed E-state index contributed by atoms with van der Waals surface area (Å²) in [5.41, 5.74) is 1.60. The monoisotopic (exact) mass is 412 g/mol. The van der Waals surface area contributed by atoms with E-state index in [0.717, 1.165) is 11.3 Å². The molecule has 1 aliphatic heterocycles. The van der Waals surface area contributed by atoms with Crippen LogP contribution in [-0.2, 0) is 25.5 Å². The normalized spacial score (nSPS) is 15.8. The first kappa shape index (κ1) is 21.2. The van der Waals surface area contributed by atoms with Gasteiger partial charge in [-0.3, -0.25) is 14.4 Å². The number of amides is 2. The SMILES string of the molecule is COc1ccc(CCNC(=O)[C@@H](C)OC(=O)C[C@@H]2Oc3ccccc3NC2=O)cc1. The van der Waals surface area contributed by atoms with Gasteiger partial charge in [-0.2, -0.15) is 0 Å². The van der Waals surface area contributed by atoms with Crippen LogP contribution in [0.5, 0.6) is 11.5 Å². The Morgan fingerprint density at radius 2 is 1.90 bits per heavy atom. The van der Waals surface area contributed by atoms with Crippen molar-refractivity contribution in [2.75, 3.05) is 19.0 Å². The van der Waals surface area contributed by atoms with Gasteiger partial charge in [0.1, 0.15) is 11.5 Å². The van der Waals surface area contributed by atoms with Crippen LogP contribution in [0.1, 0.15) is 18.9 Å². The second-order valence-corrected chi connectivity index (χ2v) is 6.82. The molecule has 2 atom stereocenters. The predicted molar refractivity (Wildman–Crippen MR) is 109 cm³/mol. The van der Waals surface area contributed by atoms with Crippen molar-refractivity contribution in [1.82, 2.24) is 5.32 Å². The van der Waals surface area contributed by atoms with E-state index in [2.05, 4.69) is 10.6 Å². The molecule has 8 nitrogen and oxygen atoms in total. The van der Waals surface area contributed by atoms with Gasteiger partial charge in [-0.05, 0) is 43.2 Å². The van der Waals surface area contributed by atoms with Gasteiger partial charge >= 0.3 is 5.97 Å². The minimum Gasteiger partial charge on any atom is -0.497 e. The number of carbonyl (C=O) groups excluding carboxylic acids is 3. The molecule has 3 rings (SSSR count). The summed E-state index contributed by atoms with van der Waals surface area (Å²) in [6, 6.07) is 14.5. The number of hydrogen-bond acceptors (Lipinski definition) is 6. The number of benzene rings is 2. The van der Waals surface area contributed by atoms with Crippen molar-refractivity contribution >= 4 is 23.5 Å². The van der Waals surface area contributed by atoms with Crippen molar-refractivity contribution in [3.8, 4) is 11.5 Å². The summed E-state index contributed by atoms with van der Waals surface area (Å²) < 4.78 is 15.8. The minimum atomic E-state index is -1.00. The van der Waals surface area contributed by atoms with Crippen LogP contribution in [0, 0.1) is 0 Å². The first-order chi connectivity index (χ1) is 14.5. The molecule has 0 bridgehead atoms. The molecule has 0 unspecified atom stereocenters. The molecular formula is C22H24N2O6. The van der Waals surface area contributed by atoms with Gasteiger partial charge < -0.3 is 24.8 Å². The van der Waals surface area contributed by atoms with E-state index in [1.165, 1.54) is 6.92 Å². The number of fused-ring (bicyclic) bond motifs is 1. The van der Waals surface area contributed by atoms with Gasteiger partial charge in [-0.1, -0.05) is 24.3 Å². The second kappa shape index (κ2) is 9.78. The number of para-hydroxylation sites is 2. The first-order valence-electron chi connectivity index (χ1n) is 9.63. The summed E-state index contributed by atoms with van der Waals surface area (Å²) in [5.74, 6) is -0.271. The smallest absolute Gasteiger partial charge is 0.310 e. The molecule has 0 aromatic heterocycles. The number of ether oxygens (including phenoxy) is 3. The van der Waals surface area contributed by atoms with Crippen LogP contribution in [0.15, 0.2) is 48.5 Å². The van der Waals surface area contributed by atoms with Crippen molar-refractivity contribution in [3.05, 3.63) is 54.1 Å². The van der Waals surface area contributed by atoms with Crippen molar-refractivity contribution in [3.63, 3.8) is 0 Å². The van der Waals surface area contributed by atoms with Crippen LogP contribution < -0.4 is 20.1 Å². The highest BCUT2D eigenvalue weighted by Gasteiger charge is 2.31. The standard InChI is InChI=1S/C22H24N2O6/c1-14(21(26)23-12-11-15-7-9-16(28-2)10-8-15)29-20(25)13-19-22(27)24-17-5-3-4-6-18(17)30-19/h3-10,14,19H,11-13H2,1-2H3,(H,23,26)(H,24,27)/t14-,19+/m1/s1. The van der Waals surface area contributed by atoms with Crippen LogP contribution >= 0.6 is 0 Å². The largest absolute Gasteiger partial charge is 0.497 e. The number of nitrogens with one attached hydrogen (secondary N) is 2. The number of anilines is 1. The highest BCUT2D eigenvalue weighted by molar-refractivity contribution is 5.99. The number of rotatable bonds is 8. The number of hydrogen-bond donors (Lipinski definition) is 2. The van der Waals surface area contributed by atoms with Gasteiger partial charge in [-0.15, -0.1) is 0 Å². The Bertz CT molecular complexity index is 912. The van der Waals surface area contributed by atoms with E-state index in [1.807, 2.05) is 24.3 Å². The van der Waals surface area contributed by atoms with Crippen LogP contribution in [0.3, 0.4) is 0 Å². The zero-order valence-electron chi connectivity index (χ0n) is 16.8. The lowest BCUT2D eigenvalue weighted by Gasteiger charge is -2.25. The summed E-state index contributed by atoms with van der Waals surface area (Å²) in [5, 5.41) is 5.42. The van der Waals surface area contributed by atoms with Crippen LogP contribution in [0.2, 0.25) is 0 Å². The van der Waals surface area contributed by atoms with Gasteiger partial charge in [0.05, 0.1) is 19.2 Å². The molecule has 30 heavy (non-hydrogen) atoms. The maximum atomic E-state index is 12.2. The Morgan fingerprint density at radius 3 is 2.63 bits per heavy atom. The maximum absolute atomic E-state index is 12.2. The zero-order chi connectivity index (χ0) is 21.5. The summed E-state index contributed by atoms with van der Waals surface area (Å²) >= 11 is 0. The van der Waals surface area contributed by atoms with Crippen molar-refractivity contribution in [1.29, 1.82) is 0 Å². The van der Waals surface area contributed by atoms with E-state index < -0.39 is 30.0 Å². The lowest BCUT2D eigenvalue weighted by molar-refractivity contribution is -0.157. The molecule has 2 N–H and O–H groups in total. The number of methoxy groups -OCH3 is 1. The molecule has 0 spiro atoms. The molecule has 0 fully saturated rings. The van der Waals surface area contributed by atoms with Crippen molar-refractivity contribution in [2.45, 2.75) is 32.0 Å². The van der Waals surface area contributed by atoms with E-state index in [-0.39, 0.29) is 6.42 Å². The van der Waals surface area contributed by atoms with E-state index in [1.54, 1.807) is 31.4 Å². The second-order valence-electron chi connectivity index (χ2n) is 6.82. The van der Waals surface area contributed by atoms with Gasteiger partial charge in [0.15, 0.2) is 12.2 Å². The highest BCUT2D eigenvalue weighted by atomic mass is 16.6. The van der Waals surface area contributed by atoms with Crippen LogP contribution in [-0.4, -0.2) is 43.6 Å². The number of esters is 1. The molecule has 0 saturated carbocycles. The summed E-state index contributed by atoms with van der Waals surface area (Å²) in [6.45, 7) is 1.88. The molecule has 0 aliphatic carbocycles. The van der Waals surface area contributed by atoms with Gasteiger partial charge in [0, 0.05) is 6.54 Å². The molecule has 2 aromatic rings. The highest BCUT2D eigenvalue weighted by Crippen LogP contribution is 2.29. The van der Waals surface area contributed by atoms with Gasteiger partial charge in [0.2, 0.25) is 0 Å². The third kappa shape index (κ3) is 5.50. The van der Waals surface area contributed by atoms with E-state index in [0.29, 0.717) is 24.4 Å². The summed E-state index contributed by atoms with van der Waals surface area (Å²) in [6.07, 6.45) is -1.64. The fourth-order valence-corrected chi connectivity index (χ4v) is 2.94. The Morgan fingerprint density at radius 1 is 1.17 bits per heavy atom. The Hall–Kier alpha value is -3.55. The van der Waals surface area contributed by atoms with E-state index in [9.17, 15) is 14.4 Å². The maximum Gasteiger partial charge on any atom is 0.310 e. The molecule has 8 heteroatoms. The lowest BCUT2D eigenvalue weighted by Crippen LogP contribution is -2.41. The van der Waals surface area contributed by atoms with Crippen LogP contribution in [0.25, 0.3) is 0 Å². The molecule has 158 valence electrons. The Balaban J connectivity index is 1.42. The molecule has 0 saturated heterocycles. The average Bonchev–Trinajstić information content (AvgIpc) is 2.74. The fourth-order valence-electron chi connectivity index (χ4n) is 2.94. The van der Waals surface area contributed by atoms with E-state index in [4.69, 9.17) is 14.2 Å². The Kier molecular flexibility index (Phi) is 6.90. The topological polar surface area (TPSA) is 103 Å². The van der Waals surface area contributed by atoms with Gasteiger partial charge in [0.25, 0.3) is 11.8 Å². The quantitative estimate of drug-likeness (QED) is 0.644. The predicted octanol–water partition coefficient (Wildman–Crippen LogP) is 2.08. The summed E-state index contributed by atoms with van der Waals surface area (Å²) in [4.78, 5) is 36.4. The first-order valence-corrected chi connectivity index (χ1v) is 9.63. The molecule has 0 radical (unpaired) electrons. The van der Waals surface area contributed by atoms with E-state index >= 15 is 0 Å². The third-order valence-electron chi connectivity index (χ3n) is 4.61. The zero-order valence-corrected chi connectivity index (χ0v) is 16.8. The minimum absolute atomic E-state index is 0.288. The summed E-state index contributed by atoms with van der Waals surface area (Å²) in [7, 11) is 1.60. The van der Waals surface area contributed by atoms with Gasteiger partial charge in [-0.25, -0.2) is 0 Å². The van der Waals surface area contributed by atoms with Crippen LogP contribution in [0.4, 0.5) is 5.69 Å². The molecule has 2 aromatic carbocycles.